The normalized spacial score (nSPS) is 10.8. The number of amides is 1. The van der Waals surface area contributed by atoms with Crippen LogP contribution >= 0.6 is 0 Å². The summed E-state index contributed by atoms with van der Waals surface area (Å²) in [6.45, 7) is 2.56. The molecule has 0 saturated heterocycles. The molecule has 0 saturated carbocycles. The maximum Gasteiger partial charge on any atom is 0.252 e. The van der Waals surface area contributed by atoms with Crippen molar-refractivity contribution in [3.63, 3.8) is 0 Å². The first-order valence-corrected chi connectivity index (χ1v) is 7.93. The largest absolute Gasteiger partial charge is 0.341 e. The number of rotatable bonds is 4. The molecule has 0 atom stereocenters. The van der Waals surface area contributed by atoms with Crippen molar-refractivity contribution in [2.24, 2.45) is 0 Å². The maximum atomic E-state index is 12.4. The van der Waals surface area contributed by atoms with Gasteiger partial charge in [0.05, 0.1) is 6.42 Å². The van der Waals surface area contributed by atoms with Crippen LogP contribution in [0.4, 0.5) is 0 Å². The number of nitrogens with zero attached hydrogens (tertiary/aromatic N) is 1. The van der Waals surface area contributed by atoms with E-state index in [1.807, 2.05) is 55.5 Å². The third-order valence-electron chi connectivity index (χ3n) is 4.14. The number of pyridine rings is 1. The highest BCUT2D eigenvalue weighted by Gasteiger charge is 2.13. The third kappa shape index (κ3) is 3.54. The molecular weight excluding hydrogens is 300 g/mol. The van der Waals surface area contributed by atoms with E-state index in [-0.39, 0.29) is 17.9 Å². The lowest BCUT2D eigenvalue weighted by atomic mass is 10.1. The number of aromatic nitrogens is 1. The summed E-state index contributed by atoms with van der Waals surface area (Å²) < 4.78 is 0. The summed E-state index contributed by atoms with van der Waals surface area (Å²) in [5.41, 5.74) is 3.34. The van der Waals surface area contributed by atoms with Crippen LogP contribution in [0.5, 0.6) is 0 Å². The highest BCUT2D eigenvalue weighted by molar-refractivity contribution is 5.82. The van der Waals surface area contributed by atoms with Crippen LogP contribution in [0.2, 0.25) is 0 Å². The van der Waals surface area contributed by atoms with Crippen LogP contribution in [0, 0.1) is 6.92 Å². The zero-order valence-electron chi connectivity index (χ0n) is 13.9. The highest BCUT2D eigenvalue weighted by atomic mass is 16.2. The molecule has 3 rings (SSSR count). The van der Waals surface area contributed by atoms with Gasteiger partial charge in [-0.3, -0.25) is 9.59 Å². The maximum absolute atomic E-state index is 12.4. The second kappa shape index (κ2) is 6.71. The van der Waals surface area contributed by atoms with Gasteiger partial charge >= 0.3 is 0 Å². The molecule has 4 nitrogen and oxygen atoms in total. The third-order valence-corrected chi connectivity index (χ3v) is 4.14. The first-order chi connectivity index (χ1) is 11.5. The van der Waals surface area contributed by atoms with Crippen LogP contribution in [-0.2, 0) is 17.8 Å². The lowest BCUT2D eigenvalue weighted by Gasteiger charge is -2.17. The number of fused-ring (bicyclic) bond motifs is 1. The van der Waals surface area contributed by atoms with Gasteiger partial charge in [0.25, 0.3) is 5.56 Å². The highest BCUT2D eigenvalue weighted by Crippen LogP contribution is 2.12. The molecule has 0 aliphatic rings. The van der Waals surface area contributed by atoms with Gasteiger partial charge in [-0.05, 0) is 30.0 Å². The van der Waals surface area contributed by atoms with E-state index in [1.165, 1.54) is 5.56 Å². The van der Waals surface area contributed by atoms with E-state index in [0.29, 0.717) is 12.1 Å². The average molecular weight is 320 g/mol. The van der Waals surface area contributed by atoms with Crippen molar-refractivity contribution in [1.82, 2.24) is 9.88 Å². The zero-order chi connectivity index (χ0) is 17.1. The molecule has 0 spiro atoms. The van der Waals surface area contributed by atoms with Gasteiger partial charge in [-0.25, -0.2) is 0 Å². The fourth-order valence-electron chi connectivity index (χ4n) is 2.68. The Bertz CT molecular complexity index is 926. The van der Waals surface area contributed by atoms with E-state index < -0.39 is 0 Å². The summed E-state index contributed by atoms with van der Waals surface area (Å²) in [6, 6.07) is 17.5. The van der Waals surface area contributed by atoms with Crippen molar-refractivity contribution in [3.8, 4) is 0 Å². The number of likely N-dealkylation sites (N-methyl/N-ethyl adjacent to an activating group) is 1. The van der Waals surface area contributed by atoms with Crippen LogP contribution < -0.4 is 5.56 Å². The minimum atomic E-state index is -0.203. The summed E-state index contributed by atoms with van der Waals surface area (Å²) in [4.78, 5) is 29.1. The van der Waals surface area contributed by atoms with Crippen molar-refractivity contribution < 1.29 is 4.79 Å². The summed E-state index contributed by atoms with van der Waals surface area (Å²) in [5, 5.41) is 0.932. The molecule has 0 bridgehead atoms. The first-order valence-electron chi connectivity index (χ1n) is 7.93. The monoisotopic (exact) mass is 320 g/mol. The molecule has 1 N–H and O–H groups in total. The van der Waals surface area contributed by atoms with E-state index in [1.54, 1.807) is 18.0 Å². The van der Waals surface area contributed by atoms with Crippen LogP contribution in [-0.4, -0.2) is 22.8 Å². The molecule has 1 amide bonds. The quantitative estimate of drug-likeness (QED) is 0.803. The number of hydrogen-bond acceptors (Lipinski definition) is 2. The summed E-state index contributed by atoms with van der Waals surface area (Å²) in [6.07, 6.45) is 0.0997. The zero-order valence-corrected chi connectivity index (χ0v) is 13.9. The number of carbonyl (C=O) groups excluding carboxylic acids is 1. The summed E-state index contributed by atoms with van der Waals surface area (Å²) >= 11 is 0. The van der Waals surface area contributed by atoms with Gasteiger partial charge in [-0.2, -0.15) is 0 Å². The van der Waals surface area contributed by atoms with Crippen LogP contribution in [0.3, 0.4) is 0 Å². The molecule has 1 aromatic heterocycles. The van der Waals surface area contributed by atoms with E-state index in [0.717, 1.165) is 16.5 Å². The predicted octanol–water partition coefficient (Wildman–Crippen LogP) is 3.04. The minimum absolute atomic E-state index is 0.0728. The van der Waals surface area contributed by atoms with Crippen molar-refractivity contribution in [1.29, 1.82) is 0 Å². The second-order valence-electron chi connectivity index (χ2n) is 6.12. The van der Waals surface area contributed by atoms with Crippen LogP contribution in [0.25, 0.3) is 10.9 Å². The Hall–Kier alpha value is -2.88. The molecule has 122 valence electrons. The van der Waals surface area contributed by atoms with Crippen molar-refractivity contribution in [3.05, 3.63) is 81.6 Å². The topological polar surface area (TPSA) is 53.2 Å². The predicted molar refractivity (Wildman–Crippen MR) is 95.9 cm³/mol. The molecule has 0 aliphatic heterocycles. The van der Waals surface area contributed by atoms with Crippen molar-refractivity contribution in [2.75, 3.05) is 7.05 Å². The Morgan fingerprint density at radius 1 is 1.08 bits per heavy atom. The van der Waals surface area contributed by atoms with Crippen LogP contribution in [0.1, 0.15) is 16.7 Å². The second-order valence-corrected chi connectivity index (χ2v) is 6.12. The standard InChI is InChI=1S/C20H20N2O2/c1-14-7-9-15(10-8-14)13-22(2)19(23)12-17-11-16-5-3-4-6-18(16)21-20(17)24/h3-11H,12-13H2,1-2H3,(H,21,24). The van der Waals surface area contributed by atoms with E-state index in [9.17, 15) is 9.59 Å². The smallest absolute Gasteiger partial charge is 0.252 e. The summed E-state index contributed by atoms with van der Waals surface area (Å²) in [5.74, 6) is -0.0728. The Morgan fingerprint density at radius 3 is 2.54 bits per heavy atom. The number of hydrogen-bond donors (Lipinski definition) is 1. The van der Waals surface area contributed by atoms with Gasteiger partial charge in [0, 0.05) is 24.7 Å². The number of aryl methyl sites for hydroxylation is 1. The molecular formula is C20H20N2O2. The Balaban J connectivity index is 1.75. The van der Waals surface area contributed by atoms with Gasteiger partial charge in [-0.1, -0.05) is 48.0 Å². The SMILES string of the molecule is Cc1ccc(CN(C)C(=O)Cc2cc3ccccc3[nH]c2=O)cc1. The molecule has 24 heavy (non-hydrogen) atoms. The molecule has 3 aromatic rings. The van der Waals surface area contributed by atoms with E-state index >= 15 is 0 Å². The van der Waals surface area contributed by atoms with Crippen molar-refractivity contribution in [2.45, 2.75) is 19.9 Å². The molecule has 0 fully saturated rings. The van der Waals surface area contributed by atoms with Gasteiger partial charge < -0.3 is 9.88 Å². The molecule has 0 unspecified atom stereocenters. The Morgan fingerprint density at radius 2 is 1.79 bits per heavy atom. The van der Waals surface area contributed by atoms with Gasteiger partial charge in [-0.15, -0.1) is 0 Å². The van der Waals surface area contributed by atoms with Crippen LogP contribution in [0.15, 0.2) is 59.4 Å². The lowest BCUT2D eigenvalue weighted by molar-refractivity contribution is -0.129. The molecule has 0 radical (unpaired) electrons. The summed E-state index contributed by atoms with van der Waals surface area (Å²) in [7, 11) is 1.76. The Kier molecular flexibility index (Phi) is 4.47. The lowest BCUT2D eigenvalue weighted by Crippen LogP contribution is -2.29. The number of aromatic amines is 1. The number of nitrogens with one attached hydrogen (secondary N) is 1. The van der Waals surface area contributed by atoms with Gasteiger partial charge in [0.1, 0.15) is 0 Å². The molecule has 1 heterocycles. The fraction of sp³-hybridized carbons (Fsp3) is 0.200. The fourth-order valence-corrected chi connectivity index (χ4v) is 2.68. The number of H-pyrrole nitrogens is 1. The first kappa shape index (κ1) is 16.0. The number of benzene rings is 2. The molecule has 4 heteroatoms. The Labute approximate surface area is 140 Å². The van der Waals surface area contributed by atoms with Gasteiger partial charge in [0.2, 0.25) is 5.91 Å². The average Bonchev–Trinajstić information content (AvgIpc) is 2.57. The molecule has 2 aromatic carbocycles. The molecule has 0 aliphatic carbocycles. The van der Waals surface area contributed by atoms with Gasteiger partial charge in [0.15, 0.2) is 0 Å². The van der Waals surface area contributed by atoms with E-state index in [4.69, 9.17) is 0 Å². The minimum Gasteiger partial charge on any atom is -0.341 e. The van der Waals surface area contributed by atoms with Crippen molar-refractivity contribution >= 4 is 16.8 Å². The van der Waals surface area contributed by atoms with E-state index in [2.05, 4.69) is 4.98 Å². The number of carbonyl (C=O) groups is 1. The number of para-hydroxylation sites is 1.